The lowest BCUT2D eigenvalue weighted by Crippen LogP contribution is -2.42. The first-order valence-corrected chi connectivity index (χ1v) is 9.85. The van der Waals surface area contributed by atoms with E-state index >= 15 is 0 Å². The summed E-state index contributed by atoms with van der Waals surface area (Å²) in [4.78, 5) is 21.9. The van der Waals surface area contributed by atoms with Crippen molar-refractivity contribution >= 4 is 11.9 Å². The maximum Gasteiger partial charge on any atom is 0.335 e. The number of aliphatic hydroxyl groups is 3. The zero-order chi connectivity index (χ0) is 22.9. The highest BCUT2D eigenvalue weighted by atomic mass is 16.5. The minimum absolute atomic E-state index is 0.00838. The minimum atomic E-state index is -2.27. The van der Waals surface area contributed by atoms with Crippen LogP contribution in [0.3, 0.4) is 0 Å². The second-order valence-corrected chi connectivity index (χ2v) is 7.99. The van der Waals surface area contributed by atoms with Crippen LogP contribution in [0.25, 0.3) is 0 Å². The Labute approximate surface area is 178 Å². The van der Waals surface area contributed by atoms with E-state index < -0.39 is 30.3 Å². The highest BCUT2D eigenvalue weighted by molar-refractivity contribution is 5.83. The summed E-state index contributed by atoms with van der Waals surface area (Å²) in [7, 11) is 3.84. The number of methoxy groups -OCH3 is 1. The molecule has 0 bridgehead atoms. The molecule has 2 aliphatic heterocycles. The van der Waals surface area contributed by atoms with Crippen molar-refractivity contribution in [1.29, 1.82) is 0 Å². The molecule has 0 aromatic heterocycles. The topological polar surface area (TPSA) is 157 Å². The maximum atomic E-state index is 9.97. The van der Waals surface area contributed by atoms with Crippen LogP contribution < -0.4 is 9.47 Å². The molecule has 0 saturated carbocycles. The van der Waals surface area contributed by atoms with Gasteiger partial charge >= 0.3 is 11.9 Å². The van der Waals surface area contributed by atoms with Gasteiger partial charge in [0, 0.05) is 18.5 Å². The lowest BCUT2D eigenvalue weighted by molar-refractivity contribution is -0.165. The summed E-state index contributed by atoms with van der Waals surface area (Å²) in [6, 6.07) is 4.16. The molecule has 31 heavy (non-hydrogen) atoms. The Balaban J connectivity index is 0.000000233. The molecule has 4 rings (SSSR count). The summed E-state index contributed by atoms with van der Waals surface area (Å²) in [5.74, 6) is -1.85. The van der Waals surface area contributed by atoms with Gasteiger partial charge in [-0.25, -0.2) is 9.59 Å². The molecule has 1 aliphatic carbocycles. The minimum Gasteiger partial charge on any atom is -0.493 e. The Kier molecular flexibility index (Phi) is 6.56. The van der Waals surface area contributed by atoms with E-state index in [0.717, 1.165) is 31.0 Å². The van der Waals surface area contributed by atoms with Crippen molar-refractivity contribution in [3.05, 3.63) is 35.4 Å². The molecular formula is C21H27NO9. The Bertz CT molecular complexity index is 868. The van der Waals surface area contributed by atoms with Crippen molar-refractivity contribution in [2.24, 2.45) is 0 Å². The summed E-state index contributed by atoms with van der Waals surface area (Å²) in [5.41, 5.74) is 2.48. The average Bonchev–Trinajstić information content (AvgIpc) is 2.98. The molecule has 5 N–H and O–H groups in total. The van der Waals surface area contributed by atoms with Crippen LogP contribution in [0, 0.1) is 0 Å². The molecule has 2 heterocycles. The van der Waals surface area contributed by atoms with Crippen molar-refractivity contribution in [2.45, 2.75) is 49.2 Å². The van der Waals surface area contributed by atoms with Crippen LogP contribution in [0.1, 0.15) is 24.0 Å². The van der Waals surface area contributed by atoms with E-state index in [0.29, 0.717) is 6.42 Å². The van der Waals surface area contributed by atoms with E-state index in [-0.39, 0.29) is 11.5 Å². The molecule has 5 atom stereocenters. The summed E-state index contributed by atoms with van der Waals surface area (Å²) in [5, 5.41) is 42.5. The van der Waals surface area contributed by atoms with E-state index in [9.17, 15) is 14.7 Å². The van der Waals surface area contributed by atoms with Gasteiger partial charge < -0.3 is 39.9 Å². The fourth-order valence-electron chi connectivity index (χ4n) is 4.35. The number of aliphatic carboxylic acids is 2. The van der Waals surface area contributed by atoms with Crippen LogP contribution in [0.15, 0.2) is 24.3 Å². The Morgan fingerprint density at radius 2 is 1.87 bits per heavy atom. The van der Waals surface area contributed by atoms with Crippen LogP contribution in [0.5, 0.6) is 11.5 Å². The molecule has 0 fully saturated rings. The number of aliphatic hydroxyl groups excluding tert-OH is 3. The molecule has 10 heteroatoms. The predicted octanol–water partition coefficient (Wildman–Crippen LogP) is -0.272. The molecule has 0 amide bonds. The van der Waals surface area contributed by atoms with E-state index in [1.165, 1.54) is 11.1 Å². The van der Waals surface area contributed by atoms with Crippen molar-refractivity contribution in [3.8, 4) is 11.5 Å². The molecule has 1 aromatic carbocycles. The summed E-state index contributed by atoms with van der Waals surface area (Å²) >= 11 is 0. The number of carbonyl (C=O) groups is 2. The van der Waals surface area contributed by atoms with Gasteiger partial charge in [-0.3, -0.25) is 0 Å². The number of ether oxygens (including phenoxy) is 2. The van der Waals surface area contributed by atoms with Crippen LogP contribution in [0.4, 0.5) is 0 Å². The third kappa shape index (κ3) is 4.24. The van der Waals surface area contributed by atoms with Crippen molar-refractivity contribution < 1.29 is 44.6 Å². The SMILES string of the molecule is COc1ccc2c3c1O[C@H]1C[C@@H](O)C=C[C@@]31CCN(C)C2.O=C(O)C(O)C(O)C(=O)O. The highest BCUT2D eigenvalue weighted by Crippen LogP contribution is 2.55. The fraction of sp³-hybridized carbons (Fsp3) is 0.524. The second-order valence-electron chi connectivity index (χ2n) is 7.99. The van der Waals surface area contributed by atoms with Gasteiger partial charge in [0.05, 0.1) is 18.6 Å². The average molecular weight is 437 g/mol. The predicted molar refractivity (Wildman–Crippen MR) is 107 cm³/mol. The quantitative estimate of drug-likeness (QED) is 0.397. The first-order chi connectivity index (χ1) is 14.6. The number of benzene rings is 1. The number of carboxylic acid groups (broad SMARTS) is 2. The largest absolute Gasteiger partial charge is 0.493 e. The van der Waals surface area contributed by atoms with Crippen LogP contribution in [-0.2, 0) is 21.5 Å². The van der Waals surface area contributed by atoms with Crippen LogP contribution >= 0.6 is 0 Å². The lowest BCUT2D eigenvalue weighted by Gasteiger charge is -2.35. The third-order valence-corrected chi connectivity index (χ3v) is 5.95. The maximum absolute atomic E-state index is 9.97. The van der Waals surface area contributed by atoms with Gasteiger partial charge in [0.15, 0.2) is 23.7 Å². The fourth-order valence-corrected chi connectivity index (χ4v) is 4.35. The van der Waals surface area contributed by atoms with Crippen LogP contribution in [-0.4, -0.2) is 87.5 Å². The monoisotopic (exact) mass is 437 g/mol. The van der Waals surface area contributed by atoms with E-state index in [1.807, 2.05) is 12.1 Å². The normalized spacial score (nSPS) is 28.0. The van der Waals surface area contributed by atoms with Gasteiger partial charge in [-0.2, -0.15) is 0 Å². The second kappa shape index (κ2) is 8.83. The molecule has 3 aliphatic rings. The van der Waals surface area contributed by atoms with E-state index in [1.54, 1.807) is 7.11 Å². The molecule has 0 radical (unpaired) electrons. The molecule has 170 valence electrons. The number of carboxylic acids is 2. The van der Waals surface area contributed by atoms with E-state index in [4.69, 9.17) is 29.9 Å². The molecule has 2 unspecified atom stereocenters. The van der Waals surface area contributed by atoms with Gasteiger partial charge in [-0.1, -0.05) is 18.2 Å². The van der Waals surface area contributed by atoms with Gasteiger partial charge in [0.2, 0.25) is 0 Å². The van der Waals surface area contributed by atoms with Gasteiger partial charge in [0.1, 0.15) is 6.10 Å². The zero-order valence-corrected chi connectivity index (χ0v) is 17.3. The number of hydrogen-bond acceptors (Lipinski definition) is 8. The standard InChI is InChI=1S/C17H21NO3.C4H6O6/c1-18-8-7-17-6-5-12(19)9-14(17)21-16-13(20-2)4-3-11(10-18)15(16)17;5-1(3(7)8)2(6)4(9)10/h3-6,12,14,19H,7-10H2,1-2H3;1-2,5-6H,(H,7,8)(H,9,10)/t12-,14-,17-;/m0./s1. The van der Waals surface area contributed by atoms with Gasteiger partial charge in [-0.15, -0.1) is 0 Å². The first-order valence-electron chi connectivity index (χ1n) is 9.85. The van der Waals surface area contributed by atoms with Gasteiger partial charge in [0.25, 0.3) is 0 Å². The van der Waals surface area contributed by atoms with Crippen molar-refractivity contribution in [1.82, 2.24) is 4.90 Å². The Morgan fingerprint density at radius 1 is 1.23 bits per heavy atom. The molecule has 0 saturated heterocycles. The van der Waals surface area contributed by atoms with Crippen molar-refractivity contribution in [2.75, 3.05) is 20.7 Å². The summed E-state index contributed by atoms with van der Waals surface area (Å²) < 4.78 is 11.8. The number of hydrogen-bond donors (Lipinski definition) is 5. The molecule has 1 aromatic rings. The smallest absolute Gasteiger partial charge is 0.335 e. The third-order valence-electron chi connectivity index (χ3n) is 5.95. The van der Waals surface area contributed by atoms with E-state index in [2.05, 4.69) is 24.1 Å². The highest BCUT2D eigenvalue weighted by Gasteiger charge is 2.52. The summed E-state index contributed by atoms with van der Waals surface area (Å²) in [6.45, 7) is 1.96. The first kappa shape index (κ1) is 23.0. The lowest BCUT2D eigenvalue weighted by atomic mass is 9.69. The summed E-state index contributed by atoms with van der Waals surface area (Å²) in [6.07, 6.45) is 0.847. The Morgan fingerprint density at radius 3 is 2.45 bits per heavy atom. The zero-order valence-electron chi connectivity index (χ0n) is 17.3. The molecule has 10 nitrogen and oxygen atoms in total. The van der Waals surface area contributed by atoms with Gasteiger partial charge in [-0.05, 0) is 31.6 Å². The molecular weight excluding hydrogens is 410 g/mol. The number of rotatable bonds is 4. The number of nitrogens with zero attached hydrogens (tertiary/aromatic N) is 1. The van der Waals surface area contributed by atoms with Crippen molar-refractivity contribution in [3.63, 3.8) is 0 Å². The van der Waals surface area contributed by atoms with Crippen LogP contribution in [0.2, 0.25) is 0 Å². The Hall–Kier alpha value is -2.66. The molecule has 1 spiro atoms.